The van der Waals surface area contributed by atoms with Gasteiger partial charge in [0.2, 0.25) is 0 Å². The third-order valence-electron chi connectivity index (χ3n) is 3.05. The SMILES string of the molecule is CCCCCCCCOc1c(Cl)cc(Cl)cc1CN. The molecule has 0 aromatic heterocycles. The van der Waals surface area contributed by atoms with Crippen LogP contribution < -0.4 is 10.5 Å². The van der Waals surface area contributed by atoms with E-state index >= 15 is 0 Å². The maximum atomic E-state index is 6.13. The fourth-order valence-electron chi connectivity index (χ4n) is 1.98. The summed E-state index contributed by atoms with van der Waals surface area (Å²) in [5.74, 6) is 0.683. The van der Waals surface area contributed by atoms with Crippen molar-refractivity contribution >= 4 is 23.2 Å². The maximum Gasteiger partial charge on any atom is 0.142 e. The molecule has 0 radical (unpaired) electrons. The summed E-state index contributed by atoms with van der Waals surface area (Å²) in [6, 6.07) is 3.50. The first kappa shape index (κ1) is 16.6. The summed E-state index contributed by atoms with van der Waals surface area (Å²) in [7, 11) is 0. The molecule has 2 N–H and O–H groups in total. The summed E-state index contributed by atoms with van der Waals surface area (Å²) in [6.45, 7) is 3.28. The van der Waals surface area contributed by atoms with E-state index in [9.17, 15) is 0 Å². The van der Waals surface area contributed by atoms with Gasteiger partial charge in [-0.1, -0.05) is 62.2 Å². The normalized spacial score (nSPS) is 10.7. The molecule has 1 rings (SSSR count). The van der Waals surface area contributed by atoms with Crippen LogP contribution in [0.3, 0.4) is 0 Å². The first-order chi connectivity index (χ1) is 9.19. The Morgan fingerprint density at radius 3 is 2.42 bits per heavy atom. The van der Waals surface area contributed by atoms with Crippen molar-refractivity contribution < 1.29 is 4.74 Å². The van der Waals surface area contributed by atoms with Gasteiger partial charge in [0.25, 0.3) is 0 Å². The second-order valence-corrected chi connectivity index (χ2v) is 5.54. The van der Waals surface area contributed by atoms with E-state index in [1.165, 1.54) is 32.1 Å². The van der Waals surface area contributed by atoms with E-state index in [0.717, 1.165) is 12.0 Å². The number of halogens is 2. The molecule has 4 heteroatoms. The van der Waals surface area contributed by atoms with Gasteiger partial charge in [0.1, 0.15) is 5.75 Å². The highest BCUT2D eigenvalue weighted by atomic mass is 35.5. The largest absolute Gasteiger partial charge is 0.492 e. The van der Waals surface area contributed by atoms with Crippen LogP contribution in [0.4, 0.5) is 0 Å². The van der Waals surface area contributed by atoms with Crippen LogP contribution >= 0.6 is 23.2 Å². The second kappa shape index (κ2) is 9.46. The highest BCUT2D eigenvalue weighted by Crippen LogP contribution is 2.32. The summed E-state index contributed by atoms with van der Waals surface area (Å²) in [4.78, 5) is 0. The summed E-state index contributed by atoms with van der Waals surface area (Å²) in [5, 5.41) is 1.14. The summed E-state index contributed by atoms with van der Waals surface area (Å²) in [6.07, 6.45) is 7.43. The average Bonchev–Trinajstić information content (AvgIpc) is 2.39. The number of nitrogens with two attached hydrogens (primary N) is 1. The van der Waals surface area contributed by atoms with Gasteiger partial charge in [0.15, 0.2) is 0 Å². The quantitative estimate of drug-likeness (QED) is 0.637. The van der Waals surface area contributed by atoms with E-state index < -0.39 is 0 Å². The van der Waals surface area contributed by atoms with Crippen LogP contribution in [0.5, 0.6) is 5.75 Å². The predicted molar refractivity (Wildman–Crippen MR) is 83.2 cm³/mol. The molecule has 0 amide bonds. The van der Waals surface area contributed by atoms with Crippen molar-refractivity contribution in [1.82, 2.24) is 0 Å². The van der Waals surface area contributed by atoms with E-state index in [2.05, 4.69) is 6.92 Å². The van der Waals surface area contributed by atoms with Crippen LogP contribution in [-0.4, -0.2) is 6.61 Å². The Labute approximate surface area is 126 Å². The van der Waals surface area contributed by atoms with Gasteiger partial charge in [-0.2, -0.15) is 0 Å². The zero-order chi connectivity index (χ0) is 14.1. The Hall–Kier alpha value is -0.440. The van der Waals surface area contributed by atoms with Gasteiger partial charge in [0.05, 0.1) is 11.6 Å². The molecular formula is C15H23Cl2NO. The zero-order valence-corrected chi connectivity index (χ0v) is 13.1. The first-order valence-electron chi connectivity index (χ1n) is 6.99. The smallest absolute Gasteiger partial charge is 0.142 e. The third kappa shape index (κ3) is 6.03. The van der Waals surface area contributed by atoms with Crippen LogP contribution in [0.15, 0.2) is 12.1 Å². The highest BCUT2D eigenvalue weighted by Gasteiger charge is 2.09. The zero-order valence-electron chi connectivity index (χ0n) is 11.6. The molecule has 2 nitrogen and oxygen atoms in total. The molecule has 0 heterocycles. The van der Waals surface area contributed by atoms with Crippen molar-refractivity contribution in [3.05, 3.63) is 27.7 Å². The summed E-state index contributed by atoms with van der Waals surface area (Å²) >= 11 is 12.1. The Morgan fingerprint density at radius 2 is 1.74 bits per heavy atom. The molecule has 0 unspecified atom stereocenters. The van der Waals surface area contributed by atoms with E-state index in [1.54, 1.807) is 6.07 Å². The standard InChI is InChI=1S/C15H23Cl2NO/c1-2-3-4-5-6-7-8-19-15-12(11-18)9-13(16)10-14(15)17/h9-10H,2-8,11,18H2,1H3. The minimum absolute atomic E-state index is 0.381. The number of benzene rings is 1. The van der Waals surface area contributed by atoms with Crippen molar-refractivity contribution in [3.8, 4) is 5.75 Å². The van der Waals surface area contributed by atoms with Crippen LogP contribution in [-0.2, 0) is 6.54 Å². The maximum absolute atomic E-state index is 6.13. The molecule has 0 saturated heterocycles. The fraction of sp³-hybridized carbons (Fsp3) is 0.600. The highest BCUT2D eigenvalue weighted by molar-refractivity contribution is 6.35. The minimum Gasteiger partial charge on any atom is -0.492 e. The van der Waals surface area contributed by atoms with Crippen LogP contribution in [0.25, 0.3) is 0 Å². The lowest BCUT2D eigenvalue weighted by atomic mass is 10.1. The Balaban J connectivity index is 2.36. The molecule has 0 aliphatic carbocycles. The fourth-order valence-corrected chi connectivity index (χ4v) is 2.57. The van der Waals surface area contributed by atoms with E-state index in [4.69, 9.17) is 33.7 Å². The van der Waals surface area contributed by atoms with Gasteiger partial charge in [-0.3, -0.25) is 0 Å². The third-order valence-corrected chi connectivity index (χ3v) is 3.55. The van der Waals surface area contributed by atoms with Crippen molar-refractivity contribution in [2.75, 3.05) is 6.61 Å². The average molecular weight is 304 g/mol. The molecule has 0 bridgehead atoms. The summed E-state index contributed by atoms with van der Waals surface area (Å²) < 4.78 is 5.75. The Morgan fingerprint density at radius 1 is 1.05 bits per heavy atom. The minimum atomic E-state index is 0.381. The molecule has 19 heavy (non-hydrogen) atoms. The number of hydrogen-bond acceptors (Lipinski definition) is 2. The van der Waals surface area contributed by atoms with Gasteiger partial charge < -0.3 is 10.5 Å². The van der Waals surface area contributed by atoms with Gasteiger partial charge in [0, 0.05) is 17.1 Å². The molecule has 0 spiro atoms. The number of unbranched alkanes of at least 4 members (excludes halogenated alkanes) is 5. The molecule has 1 aromatic carbocycles. The van der Waals surface area contributed by atoms with Gasteiger partial charge in [-0.05, 0) is 18.6 Å². The van der Waals surface area contributed by atoms with Gasteiger partial charge >= 0.3 is 0 Å². The van der Waals surface area contributed by atoms with Crippen molar-refractivity contribution in [3.63, 3.8) is 0 Å². The topological polar surface area (TPSA) is 35.2 Å². The molecule has 0 atom stereocenters. The van der Waals surface area contributed by atoms with Gasteiger partial charge in [-0.25, -0.2) is 0 Å². The molecule has 0 aliphatic rings. The van der Waals surface area contributed by atoms with Crippen LogP contribution in [0.1, 0.15) is 51.0 Å². The summed E-state index contributed by atoms with van der Waals surface area (Å²) in [5.41, 5.74) is 6.54. The number of hydrogen-bond donors (Lipinski definition) is 1. The molecule has 0 fully saturated rings. The van der Waals surface area contributed by atoms with Gasteiger partial charge in [-0.15, -0.1) is 0 Å². The van der Waals surface area contributed by atoms with E-state index in [-0.39, 0.29) is 0 Å². The van der Waals surface area contributed by atoms with Crippen LogP contribution in [0, 0.1) is 0 Å². The molecule has 1 aromatic rings. The first-order valence-corrected chi connectivity index (χ1v) is 7.75. The molecule has 0 saturated carbocycles. The van der Waals surface area contributed by atoms with Crippen molar-refractivity contribution in [1.29, 1.82) is 0 Å². The number of rotatable bonds is 9. The van der Waals surface area contributed by atoms with E-state index in [0.29, 0.717) is 28.9 Å². The lowest BCUT2D eigenvalue weighted by Crippen LogP contribution is -2.04. The Kier molecular flexibility index (Phi) is 8.27. The molecular weight excluding hydrogens is 281 g/mol. The Bertz CT molecular complexity index is 383. The van der Waals surface area contributed by atoms with E-state index in [1.807, 2.05) is 6.07 Å². The molecule has 108 valence electrons. The van der Waals surface area contributed by atoms with Crippen LogP contribution in [0.2, 0.25) is 10.0 Å². The monoisotopic (exact) mass is 303 g/mol. The molecule has 0 aliphatic heterocycles. The lowest BCUT2D eigenvalue weighted by Gasteiger charge is -2.12. The lowest BCUT2D eigenvalue weighted by molar-refractivity contribution is 0.301. The second-order valence-electron chi connectivity index (χ2n) is 4.70. The predicted octanol–water partition coefficient (Wildman–Crippen LogP) is 5.19. The van der Waals surface area contributed by atoms with Crippen molar-refractivity contribution in [2.45, 2.75) is 52.0 Å². The van der Waals surface area contributed by atoms with Crippen molar-refractivity contribution in [2.24, 2.45) is 5.73 Å². The number of ether oxygens (including phenoxy) is 1.